The molecule has 5 nitrogen and oxygen atoms in total. The molecule has 0 aliphatic heterocycles. The van der Waals surface area contributed by atoms with Crippen LogP contribution in [0.4, 0.5) is 0 Å². The molecule has 1 atom stereocenters. The predicted octanol–water partition coefficient (Wildman–Crippen LogP) is 2.93. The fourth-order valence-corrected chi connectivity index (χ4v) is 2.80. The van der Waals surface area contributed by atoms with Crippen molar-refractivity contribution in [1.29, 1.82) is 0 Å². The van der Waals surface area contributed by atoms with E-state index in [2.05, 4.69) is 5.32 Å². The van der Waals surface area contributed by atoms with Crippen molar-refractivity contribution in [2.75, 3.05) is 13.7 Å². The molecular weight excluding hydrogens is 328 g/mol. The Labute approximate surface area is 155 Å². The Balaban J connectivity index is 2.15. The van der Waals surface area contributed by atoms with Gasteiger partial charge in [-0.25, -0.2) is 0 Å². The summed E-state index contributed by atoms with van der Waals surface area (Å²) in [5.74, 6) is 0.254. The van der Waals surface area contributed by atoms with Crippen molar-refractivity contribution in [3.05, 3.63) is 65.7 Å². The number of carbonyl (C=O) groups is 2. The number of likely N-dealkylation sites (N-methyl/N-ethyl adjacent to an activating group) is 1. The second kappa shape index (κ2) is 9.61. The highest BCUT2D eigenvalue weighted by Gasteiger charge is 2.28. The van der Waals surface area contributed by atoms with Gasteiger partial charge in [0.1, 0.15) is 11.8 Å². The molecule has 0 radical (unpaired) electrons. The minimum atomic E-state index is -0.534. The van der Waals surface area contributed by atoms with Crippen molar-refractivity contribution in [2.24, 2.45) is 0 Å². The van der Waals surface area contributed by atoms with Gasteiger partial charge in [-0.15, -0.1) is 0 Å². The highest BCUT2D eigenvalue weighted by molar-refractivity contribution is 5.88. The first kappa shape index (κ1) is 19.5. The van der Waals surface area contributed by atoms with Crippen LogP contribution in [0, 0.1) is 6.92 Å². The summed E-state index contributed by atoms with van der Waals surface area (Å²) in [5.41, 5.74) is 2.03. The second-order valence-electron chi connectivity index (χ2n) is 6.15. The monoisotopic (exact) mass is 354 g/mol. The van der Waals surface area contributed by atoms with Crippen LogP contribution in [0.2, 0.25) is 0 Å². The van der Waals surface area contributed by atoms with E-state index in [1.54, 1.807) is 11.9 Å². The Bertz CT molecular complexity index is 731. The Morgan fingerprint density at radius 3 is 2.46 bits per heavy atom. The summed E-state index contributed by atoms with van der Waals surface area (Å²) in [5, 5.41) is 2.64. The molecule has 0 aromatic heterocycles. The second-order valence-corrected chi connectivity index (χ2v) is 6.15. The molecule has 0 heterocycles. The van der Waals surface area contributed by atoms with E-state index in [9.17, 15) is 9.59 Å². The van der Waals surface area contributed by atoms with Crippen LogP contribution in [0.3, 0.4) is 0 Å². The number of nitrogens with zero attached hydrogens (tertiary/aromatic N) is 1. The van der Waals surface area contributed by atoms with E-state index < -0.39 is 6.04 Å². The number of hydrogen-bond donors (Lipinski definition) is 1. The number of nitrogens with one attached hydrogen (secondary N) is 1. The smallest absolute Gasteiger partial charge is 0.261 e. The first-order chi connectivity index (χ1) is 12.5. The quantitative estimate of drug-likeness (QED) is 0.793. The topological polar surface area (TPSA) is 58.6 Å². The number of carbonyl (C=O) groups excluding carboxylic acids is 2. The highest BCUT2D eigenvalue weighted by Crippen LogP contribution is 2.15. The molecule has 2 amide bonds. The summed E-state index contributed by atoms with van der Waals surface area (Å²) in [4.78, 5) is 26.7. The molecule has 2 rings (SSSR count). The lowest BCUT2D eigenvalue weighted by atomic mass is 10.1. The molecular formula is C21H26N2O3. The van der Waals surface area contributed by atoms with Gasteiger partial charge in [-0.3, -0.25) is 9.59 Å². The van der Waals surface area contributed by atoms with Crippen molar-refractivity contribution in [2.45, 2.75) is 32.9 Å². The third kappa shape index (κ3) is 5.34. The molecule has 0 unspecified atom stereocenters. The van der Waals surface area contributed by atoms with Gasteiger partial charge in [-0.2, -0.15) is 0 Å². The molecule has 0 bridgehead atoms. The van der Waals surface area contributed by atoms with E-state index in [0.717, 1.165) is 11.1 Å². The molecule has 0 aliphatic rings. The summed E-state index contributed by atoms with van der Waals surface area (Å²) in [7, 11) is 1.58. The van der Waals surface area contributed by atoms with Crippen LogP contribution in [0.1, 0.15) is 24.5 Å². The third-order valence-corrected chi connectivity index (χ3v) is 4.18. The molecule has 138 valence electrons. The first-order valence-electron chi connectivity index (χ1n) is 8.79. The van der Waals surface area contributed by atoms with E-state index in [0.29, 0.717) is 18.7 Å². The number of hydrogen-bond acceptors (Lipinski definition) is 3. The van der Waals surface area contributed by atoms with Crippen LogP contribution in [-0.2, 0) is 16.1 Å². The lowest BCUT2D eigenvalue weighted by Crippen LogP contribution is -2.49. The van der Waals surface area contributed by atoms with Gasteiger partial charge in [0, 0.05) is 13.6 Å². The number of benzene rings is 2. The average molecular weight is 354 g/mol. The Kier molecular flexibility index (Phi) is 7.21. The minimum Gasteiger partial charge on any atom is -0.484 e. The van der Waals surface area contributed by atoms with Crippen LogP contribution in [0.25, 0.3) is 0 Å². The van der Waals surface area contributed by atoms with Crippen molar-refractivity contribution in [3.8, 4) is 5.75 Å². The Morgan fingerprint density at radius 1 is 1.12 bits per heavy atom. The van der Waals surface area contributed by atoms with Gasteiger partial charge in [-0.05, 0) is 36.6 Å². The van der Waals surface area contributed by atoms with E-state index in [1.165, 1.54) is 0 Å². The SMILES string of the molecule is CC[C@H](C(=O)NC)N(Cc1ccccc1)C(=O)COc1cccc(C)c1. The fourth-order valence-electron chi connectivity index (χ4n) is 2.80. The molecule has 0 aliphatic carbocycles. The molecule has 0 saturated heterocycles. The summed E-state index contributed by atoms with van der Waals surface area (Å²) in [6.07, 6.45) is 0.530. The van der Waals surface area contributed by atoms with Crippen LogP contribution >= 0.6 is 0 Å². The molecule has 1 N–H and O–H groups in total. The summed E-state index contributed by atoms with van der Waals surface area (Å²) in [6, 6.07) is 16.7. The molecule has 5 heteroatoms. The minimum absolute atomic E-state index is 0.107. The predicted molar refractivity (Wildman–Crippen MR) is 102 cm³/mol. The Morgan fingerprint density at radius 2 is 1.85 bits per heavy atom. The molecule has 2 aromatic rings. The van der Waals surface area contributed by atoms with Crippen molar-refractivity contribution < 1.29 is 14.3 Å². The molecule has 0 saturated carbocycles. The van der Waals surface area contributed by atoms with E-state index in [4.69, 9.17) is 4.74 Å². The standard InChI is InChI=1S/C21H26N2O3/c1-4-19(21(25)22-3)23(14-17-10-6-5-7-11-17)20(24)15-26-18-12-8-9-16(2)13-18/h5-13,19H,4,14-15H2,1-3H3,(H,22,25)/t19-/m1/s1. The zero-order valence-electron chi connectivity index (χ0n) is 15.6. The highest BCUT2D eigenvalue weighted by atomic mass is 16.5. The van der Waals surface area contributed by atoms with Gasteiger partial charge in [0.2, 0.25) is 5.91 Å². The van der Waals surface area contributed by atoms with Gasteiger partial charge < -0.3 is 15.0 Å². The molecule has 0 spiro atoms. The summed E-state index contributed by atoms with van der Waals surface area (Å²) < 4.78 is 5.65. The summed E-state index contributed by atoms with van der Waals surface area (Å²) in [6.45, 7) is 4.12. The van der Waals surface area contributed by atoms with Gasteiger partial charge in [0.15, 0.2) is 6.61 Å². The zero-order chi connectivity index (χ0) is 18.9. The Hall–Kier alpha value is -2.82. The van der Waals surface area contributed by atoms with E-state index in [1.807, 2.05) is 68.4 Å². The van der Waals surface area contributed by atoms with Crippen molar-refractivity contribution in [3.63, 3.8) is 0 Å². The van der Waals surface area contributed by atoms with Gasteiger partial charge in [-0.1, -0.05) is 49.4 Å². The average Bonchev–Trinajstić information content (AvgIpc) is 2.66. The fraction of sp³-hybridized carbons (Fsp3) is 0.333. The lowest BCUT2D eigenvalue weighted by molar-refractivity contribution is -0.142. The van der Waals surface area contributed by atoms with Crippen LogP contribution < -0.4 is 10.1 Å². The lowest BCUT2D eigenvalue weighted by Gasteiger charge is -2.30. The van der Waals surface area contributed by atoms with Gasteiger partial charge in [0.25, 0.3) is 5.91 Å². The number of aryl methyl sites for hydroxylation is 1. The van der Waals surface area contributed by atoms with Gasteiger partial charge >= 0.3 is 0 Å². The maximum absolute atomic E-state index is 12.8. The molecule has 26 heavy (non-hydrogen) atoms. The maximum Gasteiger partial charge on any atom is 0.261 e. The van der Waals surface area contributed by atoms with E-state index >= 15 is 0 Å². The number of rotatable bonds is 8. The maximum atomic E-state index is 12.8. The largest absolute Gasteiger partial charge is 0.484 e. The number of amides is 2. The van der Waals surface area contributed by atoms with E-state index in [-0.39, 0.29) is 18.4 Å². The zero-order valence-corrected chi connectivity index (χ0v) is 15.6. The van der Waals surface area contributed by atoms with Gasteiger partial charge in [0.05, 0.1) is 0 Å². The summed E-state index contributed by atoms with van der Waals surface area (Å²) >= 11 is 0. The van der Waals surface area contributed by atoms with Crippen LogP contribution in [0.5, 0.6) is 5.75 Å². The normalized spacial score (nSPS) is 11.5. The third-order valence-electron chi connectivity index (χ3n) is 4.18. The van der Waals surface area contributed by atoms with Crippen molar-refractivity contribution >= 4 is 11.8 Å². The van der Waals surface area contributed by atoms with Crippen LogP contribution in [-0.4, -0.2) is 36.4 Å². The van der Waals surface area contributed by atoms with Crippen LogP contribution in [0.15, 0.2) is 54.6 Å². The molecule has 2 aromatic carbocycles. The van der Waals surface area contributed by atoms with Crippen molar-refractivity contribution in [1.82, 2.24) is 10.2 Å². The first-order valence-corrected chi connectivity index (χ1v) is 8.79. The number of ether oxygens (including phenoxy) is 1. The molecule has 0 fully saturated rings.